The first-order valence-electron chi connectivity index (χ1n) is 8.77. The van der Waals surface area contributed by atoms with E-state index in [4.69, 9.17) is 4.99 Å². The van der Waals surface area contributed by atoms with Gasteiger partial charge in [-0.15, -0.1) is 24.0 Å². The zero-order valence-corrected chi connectivity index (χ0v) is 18.1. The van der Waals surface area contributed by atoms with Gasteiger partial charge in [0.05, 0.1) is 12.2 Å². The van der Waals surface area contributed by atoms with Gasteiger partial charge >= 0.3 is 0 Å². The molecule has 2 aromatic rings. The van der Waals surface area contributed by atoms with Crippen LogP contribution in [0.2, 0.25) is 0 Å². The van der Waals surface area contributed by atoms with Crippen LogP contribution in [0.5, 0.6) is 0 Å². The number of nitrogens with one attached hydrogen (secondary N) is 2. The van der Waals surface area contributed by atoms with Crippen molar-refractivity contribution in [1.29, 1.82) is 0 Å². The molecule has 0 radical (unpaired) electrons. The first-order valence-corrected chi connectivity index (χ1v) is 9.76. The van der Waals surface area contributed by atoms with Crippen molar-refractivity contribution in [1.82, 2.24) is 20.0 Å². The van der Waals surface area contributed by atoms with Crippen LogP contribution in [-0.2, 0) is 6.42 Å². The van der Waals surface area contributed by atoms with Gasteiger partial charge in [-0.2, -0.15) is 11.8 Å². The summed E-state index contributed by atoms with van der Waals surface area (Å²) >= 11 is 2.05. The Kier molecular flexibility index (Phi) is 7.86. The molecule has 0 aliphatic carbocycles. The van der Waals surface area contributed by atoms with E-state index in [9.17, 15) is 0 Å². The van der Waals surface area contributed by atoms with Gasteiger partial charge in [0.1, 0.15) is 5.65 Å². The van der Waals surface area contributed by atoms with Crippen LogP contribution in [0.25, 0.3) is 5.65 Å². The third-order valence-corrected chi connectivity index (χ3v) is 5.83. The van der Waals surface area contributed by atoms with Crippen molar-refractivity contribution in [2.24, 2.45) is 4.99 Å². The quantitative estimate of drug-likeness (QED) is 0.384. The molecule has 7 heteroatoms. The van der Waals surface area contributed by atoms with E-state index in [-0.39, 0.29) is 24.0 Å². The van der Waals surface area contributed by atoms with E-state index in [0.29, 0.717) is 4.75 Å². The van der Waals surface area contributed by atoms with Gasteiger partial charge in [-0.3, -0.25) is 4.99 Å². The molecule has 2 aromatic heterocycles. The lowest BCUT2D eigenvalue weighted by molar-refractivity contribution is 0.614. The number of hydrogen-bond donors (Lipinski definition) is 2. The van der Waals surface area contributed by atoms with Crippen LogP contribution in [0.3, 0.4) is 0 Å². The molecular weight excluding hydrogens is 445 g/mol. The second-order valence-electron chi connectivity index (χ2n) is 6.47. The number of pyridine rings is 1. The molecular formula is C18H28IN5S. The number of guanidine groups is 1. The monoisotopic (exact) mass is 473 g/mol. The lowest BCUT2D eigenvalue weighted by atomic mass is 10.1. The Labute approximate surface area is 171 Å². The van der Waals surface area contributed by atoms with Crippen molar-refractivity contribution in [3.8, 4) is 0 Å². The fourth-order valence-corrected chi connectivity index (χ4v) is 4.19. The molecule has 3 heterocycles. The molecule has 3 rings (SSSR count). The maximum atomic E-state index is 4.79. The first kappa shape index (κ1) is 20.4. The smallest absolute Gasteiger partial charge is 0.191 e. The maximum absolute atomic E-state index is 4.79. The molecule has 0 saturated carbocycles. The summed E-state index contributed by atoms with van der Waals surface area (Å²) in [4.78, 5) is 9.42. The Morgan fingerprint density at radius 1 is 1.40 bits per heavy atom. The summed E-state index contributed by atoms with van der Waals surface area (Å²) in [6.07, 6.45) is 7.59. The highest BCUT2D eigenvalue weighted by Crippen LogP contribution is 2.37. The van der Waals surface area contributed by atoms with Crippen molar-refractivity contribution in [2.45, 2.75) is 37.9 Å². The van der Waals surface area contributed by atoms with Crippen molar-refractivity contribution in [3.63, 3.8) is 0 Å². The molecule has 1 aliphatic rings. The topological polar surface area (TPSA) is 53.7 Å². The third-order valence-electron chi connectivity index (χ3n) is 4.30. The summed E-state index contributed by atoms with van der Waals surface area (Å²) < 4.78 is 2.37. The van der Waals surface area contributed by atoms with E-state index in [1.54, 1.807) is 0 Å². The van der Waals surface area contributed by atoms with Gasteiger partial charge in [0, 0.05) is 36.7 Å². The minimum atomic E-state index is 0. The average molecular weight is 473 g/mol. The highest BCUT2D eigenvalue weighted by molar-refractivity contribution is 14.0. The van der Waals surface area contributed by atoms with E-state index in [1.165, 1.54) is 18.6 Å². The van der Waals surface area contributed by atoms with Crippen molar-refractivity contribution >= 4 is 47.3 Å². The Morgan fingerprint density at radius 3 is 3.00 bits per heavy atom. The van der Waals surface area contributed by atoms with Crippen molar-refractivity contribution in [3.05, 3.63) is 36.3 Å². The van der Waals surface area contributed by atoms with Crippen LogP contribution < -0.4 is 10.6 Å². The Hall–Kier alpha value is -0.960. The van der Waals surface area contributed by atoms with Crippen LogP contribution in [0.15, 0.2) is 35.6 Å². The number of nitrogens with zero attached hydrogens (tertiary/aromatic N) is 3. The highest BCUT2D eigenvalue weighted by Gasteiger charge is 2.29. The first-order chi connectivity index (χ1) is 11.7. The predicted octanol–water partition coefficient (Wildman–Crippen LogP) is 3.34. The van der Waals surface area contributed by atoms with E-state index in [0.717, 1.165) is 43.4 Å². The van der Waals surface area contributed by atoms with E-state index in [2.05, 4.69) is 51.8 Å². The molecule has 1 saturated heterocycles. The minimum absolute atomic E-state index is 0. The summed E-state index contributed by atoms with van der Waals surface area (Å²) in [6, 6.07) is 6.07. The largest absolute Gasteiger partial charge is 0.357 e. The van der Waals surface area contributed by atoms with E-state index >= 15 is 0 Å². The van der Waals surface area contributed by atoms with Crippen LogP contribution in [0.4, 0.5) is 0 Å². The summed E-state index contributed by atoms with van der Waals surface area (Å²) in [6.45, 7) is 7.02. The number of fused-ring (bicyclic) bond motifs is 1. The fraction of sp³-hybridized carbons (Fsp3) is 0.556. The van der Waals surface area contributed by atoms with Crippen LogP contribution in [0.1, 0.15) is 32.4 Å². The van der Waals surface area contributed by atoms with Crippen molar-refractivity contribution in [2.75, 3.05) is 25.4 Å². The molecule has 1 atom stereocenters. The molecule has 25 heavy (non-hydrogen) atoms. The van der Waals surface area contributed by atoms with Crippen LogP contribution in [0, 0.1) is 0 Å². The highest BCUT2D eigenvalue weighted by atomic mass is 127. The van der Waals surface area contributed by atoms with Gasteiger partial charge in [0.25, 0.3) is 0 Å². The summed E-state index contributed by atoms with van der Waals surface area (Å²) in [7, 11) is 0. The fourth-order valence-electron chi connectivity index (χ4n) is 2.97. The maximum Gasteiger partial charge on any atom is 0.191 e. The molecule has 1 unspecified atom stereocenters. The number of halogens is 1. The number of rotatable bonds is 6. The zero-order chi connectivity index (χ0) is 16.8. The van der Waals surface area contributed by atoms with Gasteiger partial charge in [-0.25, -0.2) is 4.98 Å². The van der Waals surface area contributed by atoms with E-state index < -0.39 is 0 Å². The van der Waals surface area contributed by atoms with Crippen molar-refractivity contribution < 1.29 is 0 Å². The number of aliphatic imine (C=N–C) groups is 1. The molecule has 1 fully saturated rings. The molecule has 0 spiro atoms. The lowest BCUT2D eigenvalue weighted by Gasteiger charge is -2.21. The van der Waals surface area contributed by atoms with E-state index in [1.807, 2.05) is 24.4 Å². The third kappa shape index (κ3) is 5.77. The molecule has 0 amide bonds. The predicted molar refractivity (Wildman–Crippen MR) is 118 cm³/mol. The minimum Gasteiger partial charge on any atom is -0.357 e. The van der Waals surface area contributed by atoms with Gasteiger partial charge < -0.3 is 15.0 Å². The Morgan fingerprint density at radius 2 is 2.28 bits per heavy atom. The molecule has 138 valence electrons. The second kappa shape index (κ2) is 9.66. The van der Waals surface area contributed by atoms with Gasteiger partial charge in [-0.1, -0.05) is 6.07 Å². The normalized spacial score (nSPS) is 20.5. The average Bonchev–Trinajstić information content (AvgIpc) is 3.19. The number of hydrogen-bond acceptors (Lipinski definition) is 3. The molecule has 0 aromatic carbocycles. The lowest BCUT2D eigenvalue weighted by Crippen LogP contribution is -2.39. The van der Waals surface area contributed by atoms with Gasteiger partial charge in [0.2, 0.25) is 0 Å². The summed E-state index contributed by atoms with van der Waals surface area (Å²) in [5.74, 6) is 2.18. The molecule has 1 aliphatic heterocycles. The van der Waals surface area contributed by atoms with Crippen LogP contribution in [-0.4, -0.2) is 45.5 Å². The Bertz CT molecular complexity index is 661. The second-order valence-corrected chi connectivity index (χ2v) is 8.15. The number of imidazole rings is 1. The zero-order valence-electron chi connectivity index (χ0n) is 15.0. The standard InChI is InChI=1S/C18H27N5S.HI/c1-3-19-17(21-14-18(2)9-6-12-24-18)20-10-8-15-13-23-11-5-4-7-16(23)22-15;/h4-5,7,11,13H,3,6,8-10,12,14H2,1-2H3,(H2,19,20,21);1H. The van der Waals surface area contributed by atoms with Gasteiger partial charge in [0.15, 0.2) is 5.96 Å². The summed E-state index contributed by atoms with van der Waals surface area (Å²) in [5.41, 5.74) is 2.10. The van der Waals surface area contributed by atoms with Gasteiger partial charge in [-0.05, 0) is 44.6 Å². The molecule has 5 nitrogen and oxygen atoms in total. The Balaban J connectivity index is 0.00000225. The van der Waals surface area contributed by atoms with Crippen LogP contribution >= 0.6 is 35.7 Å². The number of aromatic nitrogens is 2. The number of thioether (sulfide) groups is 1. The molecule has 0 bridgehead atoms. The summed E-state index contributed by atoms with van der Waals surface area (Å²) in [5, 5.41) is 6.78. The SMILES string of the molecule is CCNC(=NCC1(C)CCCS1)NCCc1cn2ccccc2n1.I. The molecule has 2 N–H and O–H groups in total.